The first kappa shape index (κ1) is 14.1. The van der Waals surface area contributed by atoms with Crippen LogP contribution in [0.25, 0.3) is 0 Å². The SMILES string of the molecule is CCNc1ccc(C)cc1C(=O)NCc1cn[nH]c1C. The van der Waals surface area contributed by atoms with Crippen molar-refractivity contribution in [1.82, 2.24) is 15.5 Å². The average molecular weight is 272 g/mol. The second-order valence-corrected chi connectivity index (χ2v) is 4.78. The van der Waals surface area contributed by atoms with Gasteiger partial charge in [0, 0.05) is 30.0 Å². The summed E-state index contributed by atoms with van der Waals surface area (Å²) < 4.78 is 0. The second kappa shape index (κ2) is 6.23. The topological polar surface area (TPSA) is 69.8 Å². The Balaban J connectivity index is 2.12. The molecular formula is C15H20N4O. The molecule has 0 saturated carbocycles. The molecule has 2 rings (SSSR count). The molecule has 5 heteroatoms. The molecule has 1 aromatic carbocycles. The van der Waals surface area contributed by atoms with Crippen molar-refractivity contribution in [1.29, 1.82) is 0 Å². The summed E-state index contributed by atoms with van der Waals surface area (Å²) in [5.41, 5.74) is 4.57. The minimum atomic E-state index is -0.0785. The van der Waals surface area contributed by atoms with Crippen molar-refractivity contribution in [3.63, 3.8) is 0 Å². The highest BCUT2D eigenvalue weighted by atomic mass is 16.1. The van der Waals surface area contributed by atoms with Crippen LogP contribution in [0.2, 0.25) is 0 Å². The van der Waals surface area contributed by atoms with Crippen LogP contribution in [0.5, 0.6) is 0 Å². The number of hydrogen-bond acceptors (Lipinski definition) is 3. The molecule has 0 bridgehead atoms. The Hall–Kier alpha value is -2.30. The van der Waals surface area contributed by atoms with E-state index in [1.54, 1.807) is 6.20 Å². The van der Waals surface area contributed by atoms with Gasteiger partial charge < -0.3 is 10.6 Å². The Kier molecular flexibility index (Phi) is 4.40. The van der Waals surface area contributed by atoms with Crippen molar-refractivity contribution < 1.29 is 4.79 Å². The summed E-state index contributed by atoms with van der Waals surface area (Å²) in [6.45, 7) is 7.18. The van der Waals surface area contributed by atoms with Crippen LogP contribution in [0.1, 0.15) is 34.1 Å². The fourth-order valence-corrected chi connectivity index (χ4v) is 2.02. The standard InChI is InChI=1S/C15H20N4O/c1-4-16-14-6-5-10(2)7-13(14)15(20)17-8-12-9-18-19-11(12)3/h5-7,9,16H,4,8H2,1-3H3,(H,17,20)(H,18,19). The quantitative estimate of drug-likeness (QED) is 0.782. The molecular weight excluding hydrogens is 252 g/mol. The number of aryl methyl sites for hydroxylation is 2. The largest absolute Gasteiger partial charge is 0.385 e. The van der Waals surface area contributed by atoms with Gasteiger partial charge in [0.2, 0.25) is 0 Å². The molecule has 0 fully saturated rings. The van der Waals surface area contributed by atoms with E-state index in [0.717, 1.165) is 29.1 Å². The van der Waals surface area contributed by atoms with E-state index in [0.29, 0.717) is 12.1 Å². The number of amides is 1. The van der Waals surface area contributed by atoms with E-state index < -0.39 is 0 Å². The van der Waals surface area contributed by atoms with Gasteiger partial charge in [0.05, 0.1) is 11.8 Å². The maximum absolute atomic E-state index is 12.3. The first-order valence-corrected chi connectivity index (χ1v) is 6.73. The van der Waals surface area contributed by atoms with Crippen molar-refractivity contribution in [2.45, 2.75) is 27.3 Å². The van der Waals surface area contributed by atoms with E-state index in [2.05, 4.69) is 20.8 Å². The fraction of sp³-hybridized carbons (Fsp3) is 0.333. The van der Waals surface area contributed by atoms with Gasteiger partial charge in [-0.1, -0.05) is 11.6 Å². The van der Waals surface area contributed by atoms with E-state index in [9.17, 15) is 4.79 Å². The van der Waals surface area contributed by atoms with Gasteiger partial charge in [0.1, 0.15) is 0 Å². The number of carbonyl (C=O) groups excluding carboxylic acids is 1. The summed E-state index contributed by atoms with van der Waals surface area (Å²) >= 11 is 0. The number of aromatic nitrogens is 2. The summed E-state index contributed by atoms with van der Waals surface area (Å²) in [6, 6.07) is 5.83. The zero-order chi connectivity index (χ0) is 14.5. The maximum Gasteiger partial charge on any atom is 0.253 e. The van der Waals surface area contributed by atoms with E-state index >= 15 is 0 Å². The number of rotatable bonds is 5. The highest BCUT2D eigenvalue weighted by Crippen LogP contribution is 2.17. The number of nitrogens with one attached hydrogen (secondary N) is 3. The monoisotopic (exact) mass is 272 g/mol. The van der Waals surface area contributed by atoms with Crippen molar-refractivity contribution >= 4 is 11.6 Å². The molecule has 0 aliphatic carbocycles. The van der Waals surface area contributed by atoms with Gasteiger partial charge in [0.25, 0.3) is 5.91 Å². The molecule has 1 heterocycles. The van der Waals surface area contributed by atoms with Crippen LogP contribution < -0.4 is 10.6 Å². The predicted molar refractivity (Wildman–Crippen MR) is 79.8 cm³/mol. The zero-order valence-corrected chi connectivity index (χ0v) is 12.1. The number of carbonyl (C=O) groups is 1. The molecule has 1 aromatic heterocycles. The molecule has 0 atom stereocenters. The highest BCUT2D eigenvalue weighted by Gasteiger charge is 2.12. The average Bonchev–Trinajstić information content (AvgIpc) is 2.84. The molecule has 20 heavy (non-hydrogen) atoms. The summed E-state index contributed by atoms with van der Waals surface area (Å²) in [6.07, 6.45) is 1.73. The maximum atomic E-state index is 12.3. The summed E-state index contributed by atoms with van der Waals surface area (Å²) in [5.74, 6) is -0.0785. The Labute approximate surface area is 118 Å². The van der Waals surface area contributed by atoms with Gasteiger partial charge in [-0.3, -0.25) is 9.89 Å². The highest BCUT2D eigenvalue weighted by molar-refractivity contribution is 5.99. The number of benzene rings is 1. The molecule has 1 amide bonds. The van der Waals surface area contributed by atoms with E-state index in [-0.39, 0.29) is 5.91 Å². The first-order chi connectivity index (χ1) is 9.61. The minimum Gasteiger partial charge on any atom is -0.385 e. The third-order valence-corrected chi connectivity index (χ3v) is 3.16. The predicted octanol–water partition coefficient (Wildman–Crippen LogP) is 2.39. The first-order valence-electron chi connectivity index (χ1n) is 6.73. The molecule has 0 unspecified atom stereocenters. The van der Waals surface area contributed by atoms with Crippen LogP contribution in [-0.2, 0) is 6.54 Å². The third-order valence-electron chi connectivity index (χ3n) is 3.16. The Morgan fingerprint density at radius 2 is 2.15 bits per heavy atom. The number of aromatic amines is 1. The molecule has 5 nitrogen and oxygen atoms in total. The lowest BCUT2D eigenvalue weighted by Gasteiger charge is -2.12. The lowest BCUT2D eigenvalue weighted by molar-refractivity contribution is 0.0951. The molecule has 0 radical (unpaired) electrons. The van der Waals surface area contributed by atoms with Crippen LogP contribution in [0.3, 0.4) is 0 Å². The van der Waals surface area contributed by atoms with Crippen molar-refractivity contribution in [2.24, 2.45) is 0 Å². The third kappa shape index (κ3) is 3.17. The van der Waals surface area contributed by atoms with Crippen LogP contribution in [0.15, 0.2) is 24.4 Å². The molecule has 3 N–H and O–H groups in total. The van der Waals surface area contributed by atoms with E-state index in [1.807, 2.05) is 39.0 Å². The van der Waals surface area contributed by atoms with Gasteiger partial charge in [-0.05, 0) is 32.9 Å². The van der Waals surface area contributed by atoms with Gasteiger partial charge in [0.15, 0.2) is 0 Å². The summed E-state index contributed by atoms with van der Waals surface area (Å²) in [5, 5.41) is 12.9. The van der Waals surface area contributed by atoms with Crippen molar-refractivity contribution in [3.8, 4) is 0 Å². The number of nitrogens with zero attached hydrogens (tertiary/aromatic N) is 1. The second-order valence-electron chi connectivity index (χ2n) is 4.78. The van der Waals surface area contributed by atoms with Crippen LogP contribution in [0, 0.1) is 13.8 Å². The minimum absolute atomic E-state index is 0.0785. The van der Waals surface area contributed by atoms with Crippen molar-refractivity contribution in [3.05, 3.63) is 46.8 Å². The molecule has 106 valence electrons. The van der Waals surface area contributed by atoms with Crippen molar-refractivity contribution in [2.75, 3.05) is 11.9 Å². The lowest BCUT2D eigenvalue weighted by Crippen LogP contribution is -2.24. The van der Waals surface area contributed by atoms with E-state index in [1.165, 1.54) is 0 Å². The summed E-state index contributed by atoms with van der Waals surface area (Å²) in [7, 11) is 0. The molecule has 0 aliphatic rings. The van der Waals surface area contributed by atoms with Crippen LogP contribution >= 0.6 is 0 Å². The smallest absolute Gasteiger partial charge is 0.253 e. The Bertz CT molecular complexity index is 604. The lowest BCUT2D eigenvalue weighted by atomic mass is 10.1. The van der Waals surface area contributed by atoms with Crippen LogP contribution in [0.4, 0.5) is 5.69 Å². The van der Waals surface area contributed by atoms with E-state index in [4.69, 9.17) is 0 Å². The number of H-pyrrole nitrogens is 1. The molecule has 2 aromatic rings. The molecule has 0 aliphatic heterocycles. The van der Waals surface area contributed by atoms with Gasteiger partial charge in [-0.15, -0.1) is 0 Å². The van der Waals surface area contributed by atoms with Gasteiger partial charge in [-0.2, -0.15) is 5.10 Å². The zero-order valence-electron chi connectivity index (χ0n) is 12.1. The number of anilines is 1. The fourth-order valence-electron chi connectivity index (χ4n) is 2.02. The summed E-state index contributed by atoms with van der Waals surface area (Å²) in [4.78, 5) is 12.3. The van der Waals surface area contributed by atoms with Gasteiger partial charge >= 0.3 is 0 Å². The number of hydrogen-bond donors (Lipinski definition) is 3. The normalized spacial score (nSPS) is 10.3. The Morgan fingerprint density at radius 1 is 1.35 bits per heavy atom. The Morgan fingerprint density at radius 3 is 2.80 bits per heavy atom. The molecule has 0 saturated heterocycles. The molecule has 0 spiro atoms. The van der Waals surface area contributed by atoms with Gasteiger partial charge in [-0.25, -0.2) is 0 Å². The van der Waals surface area contributed by atoms with Crippen LogP contribution in [-0.4, -0.2) is 22.6 Å².